The van der Waals surface area contributed by atoms with Crippen molar-refractivity contribution in [2.24, 2.45) is 5.92 Å². The molecule has 1 atom stereocenters. The summed E-state index contributed by atoms with van der Waals surface area (Å²) in [4.78, 5) is 4.43. The van der Waals surface area contributed by atoms with Gasteiger partial charge in [0.15, 0.2) is 0 Å². The van der Waals surface area contributed by atoms with E-state index in [9.17, 15) is 0 Å². The molecule has 0 saturated carbocycles. The third-order valence-corrected chi connectivity index (χ3v) is 3.94. The van der Waals surface area contributed by atoms with Crippen LogP contribution in [0, 0.1) is 5.92 Å². The van der Waals surface area contributed by atoms with Gasteiger partial charge in [-0.15, -0.1) is 0 Å². The van der Waals surface area contributed by atoms with Crippen LogP contribution in [0.15, 0.2) is 30.6 Å². The molecule has 18 heavy (non-hydrogen) atoms. The van der Waals surface area contributed by atoms with Crippen LogP contribution in [0.4, 0.5) is 0 Å². The first kappa shape index (κ1) is 11.7. The molecule has 1 unspecified atom stereocenters. The largest absolute Gasteiger partial charge is 0.331 e. The molecule has 3 nitrogen and oxygen atoms in total. The Morgan fingerprint density at radius 3 is 3.17 bits per heavy atom. The summed E-state index contributed by atoms with van der Waals surface area (Å²) < 4.78 is 2.28. The standard InChI is InChI=1S/C15H21N3/c1-2-8-15-14(7-1)17-12-18(15)10-4-6-13-5-3-9-16-11-13/h1-2,7-8,12-13,16H,3-6,9-11H2. The van der Waals surface area contributed by atoms with Gasteiger partial charge in [-0.1, -0.05) is 12.1 Å². The van der Waals surface area contributed by atoms with Crippen molar-refractivity contribution in [2.45, 2.75) is 32.2 Å². The van der Waals surface area contributed by atoms with E-state index in [1.165, 1.54) is 44.3 Å². The summed E-state index contributed by atoms with van der Waals surface area (Å²) in [6.07, 6.45) is 7.31. The van der Waals surface area contributed by atoms with Gasteiger partial charge in [-0.2, -0.15) is 0 Å². The molecule has 2 aromatic rings. The van der Waals surface area contributed by atoms with Crippen molar-refractivity contribution < 1.29 is 0 Å². The van der Waals surface area contributed by atoms with Gasteiger partial charge < -0.3 is 9.88 Å². The Balaban J connectivity index is 1.56. The highest BCUT2D eigenvalue weighted by atomic mass is 15.0. The highest BCUT2D eigenvalue weighted by Crippen LogP contribution is 2.18. The number of aromatic nitrogens is 2. The SMILES string of the molecule is c1ccc2c(c1)ncn2CCCC1CCCNC1. The van der Waals surface area contributed by atoms with E-state index in [2.05, 4.69) is 33.1 Å². The van der Waals surface area contributed by atoms with Gasteiger partial charge in [0.05, 0.1) is 17.4 Å². The second-order valence-corrected chi connectivity index (χ2v) is 5.28. The molecule has 3 rings (SSSR count). The van der Waals surface area contributed by atoms with E-state index in [1.54, 1.807) is 0 Å². The first-order valence-electron chi connectivity index (χ1n) is 7.04. The second-order valence-electron chi connectivity index (χ2n) is 5.28. The van der Waals surface area contributed by atoms with Crippen LogP contribution in [0.25, 0.3) is 11.0 Å². The second kappa shape index (κ2) is 5.53. The molecule has 0 aliphatic carbocycles. The van der Waals surface area contributed by atoms with Gasteiger partial charge in [0.2, 0.25) is 0 Å². The Morgan fingerprint density at radius 2 is 2.28 bits per heavy atom. The van der Waals surface area contributed by atoms with Crippen LogP contribution in [-0.4, -0.2) is 22.6 Å². The van der Waals surface area contributed by atoms with E-state index in [0.717, 1.165) is 18.0 Å². The lowest BCUT2D eigenvalue weighted by molar-refractivity contribution is 0.344. The normalized spacial score (nSPS) is 20.3. The maximum Gasteiger partial charge on any atom is 0.0958 e. The lowest BCUT2D eigenvalue weighted by atomic mass is 9.95. The zero-order valence-corrected chi connectivity index (χ0v) is 10.8. The fraction of sp³-hybridized carbons (Fsp3) is 0.533. The molecule has 0 amide bonds. The quantitative estimate of drug-likeness (QED) is 0.895. The van der Waals surface area contributed by atoms with Gasteiger partial charge in [0.25, 0.3) is 0 Å². The minimum atomic E-state index is 0.883. The average molecular weight is 243 g/mol. The molecule has 1 aromatic carbocycles. The highest BCUT2D eigenvalue weighted by molar-refractivity contribution is 5.74. The Kier molecular flexibility index (Phi) is 3.60. The summed E-state index contributed by atoms with van der Waals surface area (Å²) in [6, 6.07) is 8.38. The number of nitrogens with one attached hydrogen (secondary N) is 1. The van der Waals surface area contributed by atoms with Crippen molar-refractivity contribution in [3.05, 3.63) is 30.6 Å². The number of aryl methyl sites for hydroxylation is 1. The maximum atomic E-state index is 4.43. The molecule has 1 aromatic heterocycles. The average Bonchev–Trinajstić information content (AvgIpc) is 2.84. The number of rotatable bonds is 4. The summed E-state index contributed by atoms with van der Waals surface area (Å²) in [5.41, 5.74) is 2.37. The topological polar surface area (TPSA) is 29.9 Å². The fourth-order valence-electron chi connectivity index (χ4n) is 2.91. The Labute approximate surface area is 108 Å². The van der Waals surface area contributed by atoms with Crippen molar-refractivity contribution in [2.75, 3.05) is 13.1 Å². The van der Waals surface area contributed by atoms with Crippen molar-refractivity contribution in [1.82, 2.24) is 14.9 Å². The van der Waals surface area contributed by atoms with Gasteiger partial charge in [0, 0.05) is 6.54 Å². The van der Waals surface area contributed by atoms with Crippen LogP contribution in [0.2, 0.25) is 0 Å². The van der Waals surface area contributed by atoms with Gasteiger partial charge in [-0.3, -0.25) is 0 Å². The zero-order valence-electron chi connectivity index (χ0n) is 10.8. The number of nitrogens with zero attached hydrogens (tertiary/aromatic N) is 2. The molecule has 1 aliphatic heterocycles. The molecule has 3 heteroatoms. The van der Waals surface area contributed by atoms with Crippen LogP contribution >= 0.6 is 0 Å². The van der Waals surface area contributed by atoms with E-state index in [4.69, 9.17) is 0 Å². The number of piperidine rings is 1. The first-order valence-corrected chi connectivity index (χ1v) is 7.04. The van der Waals surface area contributed by atoms with Gasteiger partial charge in [0.1, 0.15) is 0 Å². The molecule has 0 bridgehead atoms. The molecular weight excluding hydrogens is 222 g/mol. The van der Waals surface area contributed by atoms with Gasteiger partial charge >= 0.3 is 0 Å². The van der Waals surface area contributed by atoms with E-state index in [1.807, 2.05) is 12.4 Å². The monoisotopic (exact) mass is 243 g/mol. The minimum absolute atomic E-state index is 0.883. The van der Waals surface area contributed by atoms with Crippen LogP contribution in [0.5, 0.6) is 0 Å². The summed E-state index contributed by atoms with van der Waals surface area (Å²) >= 11 is 0. The van der Waals surface area contributed by atoms with Crippen molar-refractivity contribution in [3.63, 3.8) is 0 Å². The van der Waals surface area contributed by atoms with Crippen LogP contribution in [0.3, 0.4) is 0 Å². The molecule has 1 fully saturated rings. The molecule has 96 valence electrons. The van der Waals surface area contributed by atoms with E-state index in [0.29, 0.717) is 0 Å². The van der Waals surface area contributed by atoms with Crippen LogP contribution in [-0.2, 0) is 6.54 Å². The summed E-state index contributed by atoms with van der Waals surface area (Å²) in [6.45, 7) is 3.52. The van der Waals surface area contributed by atoms with E-state index >= 15 is 0 Å². The number of hydrogen-bond donors (Lipinski definition) is 1. The molecule has 1 N–H and O–H groups in total. The highest BCUT2D eigenvalue weighted by Gasteiger charge is 2.12. The van der Waals surface area contributed by atoms with Crippen molar-refractivity contribution >= 4 is 11.0 Å². The number of fused-ring (bicyclic) bond motifs is 1. The predicted octanol–water partition coefficient (Wildman–Crippen LogP) is 2.82. The zero-order chi connectivity index (χ0) is 12.2. The molecule has 2 heterocycles. The Hall–Kier alpha value is -1.35. The predicted molar refractivity (Wildman–Crippen MR) is 74.6 cm³/mol. The number of para-hydroxylation sites is 2. The smallest absolute Gasteiger partial charge is 0.0958 e. The molecule has 1 saturated heterocycles. The number of imidazole rings is 1. The lowest BCUT2D eigenvalue weighted by Gasteiger charge is -2.22. The number of benzene rings is 1. The third kappa shape index (κ3) is 2.56. The van der Waals surface area contributed by atoms with E-state index < -0.39 is 0 Å². The van der Waals surface area contributed by atoms with E-state index in [-0.39, 0.29) is 0 Å². The Morgan fingerprint density at radius 1 is 1.33 bits per heavy atom. The summed E-state index contributed by atoms with van der Waals surface area (Å²) in [7, 11) is 0. The van der Waals surface area contributed by atoms with Crippen molar-refractivity contribution in [1.29, 1.82) is 0 Å². The van der Waals surface area contributed by atoms with Crippen LogP contribution in [0.1, 0.15) is 25.7 Å². The third-order valence-electron chi connectivity index (χ3n) is 3.94. The molecule has 0 radical (unpaired) electrons. The first-order chi connectivity index (χ1) is 8.93. The van der Waals surface area contributed by atoms with Crippen LogP contribution < -0.4 is 5.32 Å². The summed E-state index contributed by atoms with van der Waals surface area (Å²) in [5, 5.41) is 3.49. The molecule has 0 spiro atoms. The van der Waals surface area contributed by atoms with Gasteiger partial charge in [-0.05, 0) is 56.8 Å². The minimum Gasteiger partial charge on any atom is -0.331 e. The maximum absolute atomic E-state index is 4.43. The number of hydrogen-bond acceptors (Lipinski definition) is 2. The van der Waals surface area contributed by atoms with Crippen molar-refractivity contribution in [3.8, 4) is 0 Å². The lowest BCUT2D eigenvalue weighted by Crippen LogP contribution is -2.29. The Bertz CT molecular complexity index is 497. The molecular formula is C15H21N3. The van der Waals surface area contributed by atoms with Gasteiger partial charge in [-0.25, -0.2) is 4.98 Å². The summed E-state index contributed by atoms with van der Waals surface area (Å²) in [5.74, 6) is 0.883. The fourth-order valence-corrected chi connectivity index (χ4v) is 2.91. The molecule has 1 aliphatic rings.